The Hall–Kier alpha value is -5.04. The minimum absolute atomic E-state index is 0.0189. The molecule has 9 nitrogen and oxygen atoms in total. The molecule has 0 saturated carbocycles. The average molecular weight is 633 g/mol. The van der Waals surface area contributed by atoms with Gasteiger partial charge in [0.05, 0.1) is 31.1 Å². The van der Waals surface area contributed by atoms with Crippen LogP contribution in [-0.2, 0) is 11.3 Å². The number of nitrogens with zero attached hydrogens (tertiary/aromatic N) is 4. The van der Waals surface area contributed by atoms with Gasteiger partial charge in [0.1, 0.15) is 22.9 Å². The Bertz CT molecular complexity index is 1860. The molecule has 3 aromatic carbocycles. The number of aromatic nitrogens is 2. The lowest BCUT2D eigenvalue weighted by Gasteiger charge is -2.28. The van der Waals surface area contributed by atoms with Crippen LogP contribution in [0.25, 0.3) is 11.3 Å². The van der Waals surface area contributed by atoms with Crippen molar-refractivity contribution in [1.29, 1.82) is 0 Å². The number of carbonyl (C=O) groups excluding carboxylic acids is 2. The van der Waals surface area contributed by atoms with E-state index in [0.717, 1.165) is 0 Å². The Morgan fingerprint density at radius 2 is 1.74 bits per heavy atom. The van der Waals surface area contributed by atoms with Gasteiger partial charge < -0.3 is 15.4 Å². The number of aliphatic imine (C=N–C) groups is 1. The average Bonchev–Trinajstić information content (AvgIpc) is 3.54. The summed E-state index contributed by atoms with van der Waals surface area (Å²) in [5.41, 5.74) is 1.01. The Morgan fingerprint density at radius 1 is 1.00 bits per heavy atom. The number of benzene rings is 3. The number of para-hydroxylation sites is 1. The van der Waals surface area contributed by atoms with Crippen molar-refractivity contribution in [3.8, 4) is 17.1 Å². The number of amides is 2. The summed E-state index contributed by atoms with van der Waals surface area (Å²) >= 11 is 0. The molecule has 0 bridgehead atoms. The van der Waals surface area contributed by atoms with Crippen LogP contribution in [0.4, 0.5) is 23.2 Å². The number of fused-ring (bicyclic) bond motifs is 2. The highest BCUT2D eigenvalue weighted by Gasteiger charge is 2.40. The number of rotatable bonds is 6. The third-order valence-electron chi connectivity index (χ3n) is 8.25. The Kier molecular flexibility index (Phi) is 7.55. The van der Waals surface area contributed by atoms with E-state index in [-0.39, 0.29) is 72.7 Å². The summed E-state index contributed by atoms with van der Waals surface area (Å²) in [5, 5.41) is 9.69. The van der Waals surface area contributed by atoms with Gasteiger partial charge in [0.2, 0.25) is 12.0 Å². The van der Waals surface area contributed by atoms with Crippen molar-refractivity contribution in [2.24, 2.45) is 10.9 Å². The second-order valence-corrected chi connectivity index (χ2v) is 11.6. The van der Waals surface area contributed by atoms with Crippen LogP contribution >= 0.6 is 0 Å². The fraction of sp³-hybridized carbons (Fsp3) is 0.273. The Labute approximate surface area is 260 Å². The predicted octanol–water partition coefficient (Wildman–Crippen LogP) is 4.72. The van der Waals surface area contributed by atoms with E-state index in [2.05, 4.69) is 20.7 Å². The highest BCUT2D eigenvalue weighted by molar-refractivity contribution is 6.20. The number of anilines is 1. The zero-order chi connectivity index (χ0) is 32.0. The maximum atomic E-state index is 15.1. The summed E-state index contributed by atoms with van der Waals surface area (Å²) in [4.78, 5) is 33.7. The fourth-order valence-corrected chi connectivity index (χ4v) is 6.11. The minimum atomic E-state index is -2.74. The summed E-state index contributed by atoms with van der Waals surface area (Å²) in [7, 11) is 0. The Morgan fingerprint density at radius 3 is 2.50 bits per heavy atom. The van der Waals surface area contributed by atoms with Gasteiger partial charge >= 0.3 is 0 Å². The summed E-state index contributed by atoms with van der Waals surface area (Å²) in [6.07, 6.45) is -1.72. The summed E-state index contributed by atoms with van der Waals surface area (Å²) in [6, 6.07) is 18.9. The van der Waals surface area contributed by atoms with Crippen molar-refractivity contribution in [3.63, 3.8) is 0 Å². The number of hydrogen-bond donors (Lipinski definition) is 2. The van der Waals surface area contributed by atoms with Gasteiger partial charge in [-0.1, -0.05) is 54.6 Å². The first kappa shape index (κ1) is 29.7. The first-order chi connectivity index (χ1) is 22.2. The lowest BCUT2D eigenvalue weighted by Crippen LogP contribution is -2.43. The molecule has 4 aromatic rings. The molecule has 1 fully saturated rings. The summed E-state index contributed by atoms with van der Waals surface area (Å²) in [6.45, 7) is 0.598. The zero-order valence-corrected chi connectivity index (χ0v) is 24.4. The van der Waals surface area contributed by atoms with Gasteiger partial charge in [-0.05, 0) is 18.2 Å². The molecule has 0 aliphatic carbocycles. The third kappa shape index (κ3) is 5.62. The smallest absolute Gasteiger partial charge is 0.269 e. The molecular weight excluding hydrogens is 604 g/mol. The molecule has 2 atom stereocenters. The van der Waals surface area contributed by atoms with Gasteiger partial charge in [-0.3, -0.25) is 14.5 Å². The van der Waals surface area contributed by atoms with Crippen molar-refractivity contribution < 1.29 is 31.9 Å². The van der Waals surface area contributed by atoms with Crippen molar-refractivity contribution in [2.75, 3.05) is 31.6 Å². The van der Waals surface area contributed by atoms with E-state index in [4.69, 9.17) is 4.74 Å². The van der Waals surface area contributed by atoms with Crippen LogP contribution < -0.4 is 15.4 Å². The van der Waals surface area contributed by atoms with Crippen LogP contribution in [0.15, 0.2) is 77.8 Å². The lowest BCUT2D eigenvalue weighted by atomic mass is 10.0. The molecular formula is C33H28F4N6O3. The molecule has 0 radical (unpaired) electrons. The van der Waals surface area contributed by atoms with E-state index in [9.17, 15) is 22.8 Å². The van der Waals surface area contributed by atoms with E-state index in [1.54, 1.807) is 47.4 Å². The highest BCUT2D eigenvalue weighted by atomic mass is 19.3. The van der Waals surface area contributed by atoms with Crippen LogP contribution in [0.3, 0.4) is 0 Å². The number of hydrogen-bond acceptors (Lipinski definition) is 6. The predicted molar refractivity (Wildman–Crippen MR) is 161 cm³/mol. The first-order valence-corrected chi connectivity index (χ1v) is 14.8. The van der Waals surface area contributed by atoms with Gasteiger partial charge in [0.25, 0.3) is 17.7 Å². The number of ether oxygens (including phenoxy) is 1. The Balaban J connectivity index is 1.24. The number of likely N-dealkylation sites (tertiary alicyclic amines) is 1. The molecule has 4 heterocycles. The first-order valence-electron chi connectivity index (χ1n) is 14.8. The van der Waals surface area contributed by atoms with Crippen molar-refractivity contribution in [1.82, 2.24) is 20.0 Å². The van der Waals surface area contributed by atoms with Crippen molar-refractivity contribution in [3.05, 3.63) is 101 Å². The lowest BCUT2D eigenvalue weighted by molar-refractivity contribution is -0.117. The maximum Gasteiger partial charge on any atom is 0.269 e. The van der Waals surface area contributed by atoms with E-state index >= 15 is 4.39 Å². The van der Waals surface area contributed by atoms with Gasteiger partial charge in [-0.15, -0.1) is 0 Å². The zero-order valence-electron chi connectivity index (χ0n) is 24.4. The van der Waals surface area contributed by atoms with Crippen molar-refractivity contribution >= 4 is 23.2 Å². The molecule has 2 N–H and O–H groups in total. The highest BCUT2D eigenvalue weighted by Crippen LogP contribution is 2.36. The fourth-order valence-electron chi connectivity index (χ4n) is 6.11. The number of carbonyl (C=O) groups is 2. The van der Waals surface area contributed by atoms with Crippen LogP contribution in [-0.4, -0.2) is 70.5 Å². The normalized spacial score (nSPS) is 20.5. The second kappa shape index (κ2) is 11.7. The quantitative estimate of drug-likeness (QED) is 0.300. The topological polar surface area (TPSA) is 101 Å². The van der Waals surface area contributed by atoms with Crippen LogP contribution in [0.2, 0.25) is 0 Å². The number of nitrogens with one attached hydrogen (secondary N) is 2. The van der Waals surface area contributed by atoms with Gasteiger partial charge in [0, 0.05) is 42.1 Å². The molecule has 2 amide bonds. The van der Waals surface area contributed by atoms with Crippen LogP contribution in [0, 0.1) is 17.6 Å². The van der Waals surface area contributed by atoms with Crippen LogP contribution in [0.5, 0.6) is 5.88 Å². The number of benzodiazepines with no additional fused rings is 1. The minimum Gasteiger partial charge on any atom is -0.477 e. The maximum absolute atomic E-state index is 15.1. The number of halogens is 4. The van der Waals surface area contributed by atoms with Gasteiger partial charge in [-0.25, -0.2) is 27.2 Å². The molecule has 3 aliphatic rings. The number of alkyl halides is 2. The SMILES string of the molecule is O=C(N[C@H]1N=C(c2ccccc2)c2cccc(F)c2NC1=O)c1c(-c2ccccc2F)nn2c1OCC(CN1CCC(F)(F)C1)C2. The molecule has 13 heteroatoms. The largest absolute Gasteiger partial charge is 0.477 e. The van der Waals surface area contributed by atoms with E-state index in [1.807, 2.05) is 0 Å². The molecule has 46 heavy (non-hydrogen) atoms. The van der Waals surface area contributed by atoms with Gasteiger partial charge in [0.15, 0.2) is 0 Å². The molecule has 3 aliphatic heterocycles. The molecule has 1 aromatic heterocycles. The standard InChI is InChI=1S/C33H28F4N6O3/c34-23-11-5-4-9-21(23)28-25(32-43(41-28)16-19(17-46-32)15-42-14-13-33(36,37)18-42)30(44)40-29-31(45)39-27-22(10-6-12-24(27)35)26(38-29)20-7-2-1-3-8-20/h1-12,19,29H,13-18H2,(H,39,45)(H,40,44)/t19?,29-/m1/s1. The van der Waals surface area contributed by atoms with Crippen LogP contribution in [0.1, 0.15) is 27.9 Å². The van der Waals surface area contributed by atoms with Gasteiger partial charge in [-0.2, -0.15) is 5.10 Å². The molecule has 0 spiro atoms. The molecule has 1 unspecified atom stereocenters. The van der Waals surface area contributed by atoms with E-state index < -0.39 is 35.5 Å². The molecule has 7 rings (SSSR count). The third-order valence-corrected chi connectivity index (χ3v) is 8.25. The van der Waals surface area contributed by atoms with Crippen molar-refractivity contribution in [2.45, 2.75) is 25.1 Å². The molecule has 236 valence electrons. The summed E-state index contributed by atoms with van der Waals surface area (Å²) in [5.74, 6) is -5.82. The van der Waals surface area contributed by atoms with E-state index in [1.165, 1.54) is 35.0 Å². The molecule has 1 saturated heterocycles. The monoisotopic (exact) mass is 632 g/mol. The second-order valence-electron chi connectivity index (χ2n) is 11.6. The summed E-state index contributed by atoms with van der Waals surface area (Å²) < 4.78 is 65.0. The van der Waals surface area contributed by atoms with E-state index in [0.29, 0.717) is 17.7 Å².